The molecule has 24 heavy (non-hydrogen) atoms. The van der Waals surface area contributed by atoms with Crippen LogP contribution in [-0.4, -0.2) is 24.1 Å². The fraction of sp³-hybridized carbons (Fsp3) is 0.421. The lowest BCUT2D eigenvalue weighted by Gasteiger charge is -2.25. The number of nitrogens with one attached hydrogen (secondary N) is 1. The van der Waals surface area contributed by atoms with Gasteiger partial charge in [-0.05, 0) is 5.56 Å². The van der Waals surface area contributed by atoms with Crippen LogP contribution in [0.3, 0.4) is 0 Å². The van der Waals surface area contributed by atoms with E-state index in [1.807, 2.05) is 57.2 Å². The number of carbonyl (C=O) groups excluding carboxylic acids is 2. The van der Waals surface area contributed by atoms with Crippen LogP contribution in [0.2, 0.25) is 0 Å². The van der Waals surface area contributed by atoms with Crippen molar-refractivity contribution in [2.45, 2.75) is 46.3 Å². The number of amides is 1. The van der Waals surface area contributed by atoms with Crippen molar-refractivity contribution in [3.63, 3.8) is 0 Å². The van der Waals surface area contributed by atoms with E-state index in [1.54, 1.807) is 6.21 Å². The summed E-state index contributed by atoms with van der Waals surface area (Å²) in [5.41, 5.74) is 1.16. The third-order valence-electron chi connectivity index (χ3n) is 3.69. The molecule has 5 nitrogen and oxygen atoms in total. The minimum Gasteiger partial charge on any atom is -0.445 e. The molecular weight excluding hydrogens is 304 g/mol. The molecule has 1 aromatic rings. The van der Waals surface area contributed by atoms with E-state index in [0.29, 0.717) is 6.42 Å². The molecule has 0 saturated carbocycles. The van der Waals surface area contributed by atoms with E-state index in [9.17, 15) is 9.59 Å². The maximum atomic E-state index is 12.6. The van der Waals surface area contributed by atoms with E-state index in [1.165, 1.54) is 0 Å². The van der Waals surface area contributed by atoms with E-state index >= 15 is 0 Å². The number of benzene rings is 1. The predicted octanol–water partition coefficient (Wildman–Crippen LogP) is 3.65. The van der Waals surface area contributed by atoms with Crippen LogP contribution in [0.25, 0.3) is 0 Å². The van der Waals surface area contributed by atoms with Crippen molar-refractivity contribution in [2.75, 3.05) is 0 Å². The van der Waals surface area contributed by atoms with Crippen molar-refractivity contribution >= 4 is 18.1 Å². The molecule has 1 N–H and O–H groups in total. The minimum absolute atomic E-state index is 0.0397. The molecule has 0 spiro atoms. The number of nitrogens with zero attached hydrogens (tertiary/aromatic N) is 1. The Balaban J connectivity index is 1.97. The van der Waals surface area contributed by atoms with Gasteiger partial charge < -0.3 is 10.1 Å². The first-order valence-corrected chi connectivity index (χ1v) is 8.09. The number of hydrogen-bond acceptors (Lipinski definition) is 4. The molecule has 128 valence electrons. The number of aliphatic imine (C=N–C) groups is 1. The molecule has 0 radical (unpaired) electrons. The molecule has 0 fully saturated rings. The number of carbonyl (C=O) groups is 2. The van der Waals surface area contributed by atoms with Crippen molar-refractivity contribution in [1.29, 1.82) is 0 Å². The average molecular weight is 328 g/mol. The molecule has 1 amide bonds. The van der Waals surface area contributed by atoms with E-state index in [4.69, 9.17) is 4.74 Å². The number of allylic oxidation sites excluding steroid dienone is 1. The average Bonchev–Trinajstić information content (AvgIpc) is 3.05. The monoisotopic (exact) mass is 328 g/mol. The second kappa shape index (κ2) is 7.90. The van der Waals surface area contributed by atoms with Gasteiger partial charge in [-0.3, -0.25) is 9.79 Å². The highest BCUT2D eigenvalue weighted by Gasteiger charge is 2.32. The lowest BCUT2D eigenvalue weighted by Crippen LogP contribution is -2.46. The minimum atomic E-state index is -0.644. The molecule has 0 aliphatic carbocycles. The molecule has 5 heteroatoms. The summed E-state index contributed by atoms with van der Waals surface area (Å²) in [4.78, 5) is 28.9. The first-order chi connectivity index (χ1) is 11.4. The van der Waals surface area contributed by atoms with Gasteiger partial charge in [0, 0.05) is 30.2 Å². The number of ether oxygens (including phenoxy) is 1. The molecule has 0 saturated heterocycles. The van der Waals surface area contributed by atoms with E-state index < -0.39 is 17.6 Å². The fourth-order valence-electron chi connectivity index (χ4n) is 2.40. The lowest BCUT2D eigenvalue weighted by atomic mass is 9.85. The summed E-state index contributed by atoms with van der Waals surface area (Å²) in [7, 11) is 0. The van der Waals surface area contributed by atoms with Gasteiger partial charge in [0.1, 0.15) is 6.61 Å². The van der Waals surface area contributed by atoms with Crippen molar-refractivity contribution < 1.29 is 14.3 Å². The summed E-state index contributed by atoms with van der Waals surface area (Å²) >= 11 is 0. The topological polar surface area (TPSA) is 67.8 Å². The lowest BCUT2D eigenvalue weighted by molar-refractivity contribution is -0.128. The number of alkyl carbamates (subject to hydrolysis) is 1. The molecular formula is C19H24N2O3. The molecule has 2 rings (SSSR count). The highest BCUT2D eigenvalue weighted by Crippen LogP contribution is 2.22. The van der Waals surface area contributed by atoms with E-state index in [0.717, 1.165) is 17.7 Å². The van der Waals surface area contributed by atoms with E-state index in [-0.39, 0.29) is 12.4 Å². The Kier molecular flexibility index (Phi) is 5.90. The van der Waals surface area contributed by atoms with Gasteiger partial charge in [0.25, 0.3) is 0 Å². The van der Waals surface area contributed by atoms with Crippen molar-refractivity contribution in [3.05, 3.63) is 47.7 Å². The number of rotatable bonds is 6. The Labute approximate surface area is 142 Å². The largest absolute Gasteiger partial charge is 0.445 e. The zero-order valence-electron chi connectivity index (χ0n) is 14.4. The van der Waals surface area contributed by atoms with E-state index in [2.05, 4.69) is 10.3 Å². The van der Waals surface area contributed by atoms with Crippen LogP contribution in [0.15, 0.2) is 47.1 Å². The molecule has 1 aromatic carbocycles. The Morgan fingerprint density at radius 3 is 2.54 bits per heavy atom. The van der Waals surface area contributed by atoms with Gasteiger partial charge in [-0.1, -0.05) is 57.2 Å². The molecule has 1 heterocycles. The van der Waals surface area contributed by atoms with Crippen LogP contribution >= 0.6 is 0 Å². The molecule has 0 bridgehead atoms. The van der Waals surface area contributed by atoms with Gasteiger partial charge in [0.05, 0.1) is 6.04 Å². The number of ketones is 1. The maximum Gasteiger partial charge on any atom is 0.408 e. The molecule has 1 atom stereocenters. The van der Waals surface area contributed by atoms with Crippen LogP contribution < -0.4 is 5.32 Å². The standard InChI is InChI=1S/C19H24N2O3/c1-19(2,3)17(22)16(12-15-10-7-11-20-15)21-18(23)24-13-14-8-5-4-6-9-14/h4-6,8-11,16H,7,12-13H2,1-3H3,(H,21,23)/t16-/m0/s1. The zero-order valence-corrected chi connectivity index (χ0v) is 14.4. The van der Waals surface area contributed by atoms with Crippen molar-refractivity contribution in [3.8, 4) is 0 Å². The second-order valence-electron chi connectivity index (χ2n) is 6.82. The second-order valence-corrected chi connectivity index (χ2v) is 6.82. The van der Waals surface area contributed by atoms with Gasteiger partial charge in [0.2, 0.25) is 0 Å². The first-order valence-electron chi connectivity index (χ1n) is 8.09. The third kappa shape index (κ3) is 5.33. The normalized spacial score (nSPS) is 14.9. The van der Waals surface area contributed by atoms with Crippen molar-refractivity contribution in [2.24, 2.45) is 10.4 Å². The van der Waals surface area contributed by atoms with Gasteiger partial charge in [-0.15, -0.1) is 0 Å². The van der Waals surface area contributed by atoms with Crippen molar-refractivity contribution in [1.82, 2.24) is 5.32 Å². The zero-order chi connectivity index (χ0) is 17.6. The smallest absolute Gasteiger partial charge is 0.408 e. The quantitative estimate of drug-likeness (QED) is 0.867. The van der Waals surface area contributed by atoms with Crippen LogP contribution in [0.1, 0.15) is 39.2 Å². The predicted molar refractivity (Wildman–Crippen MR) is 93.8 cm³/mol. The third-order valence-corrected chi connectivity index (χ3v) is 3.69. The summed E-state index contributed by atoms with van der Waals surface area (Å²) < 4.78 is 5.23. The Bertz CT molecular complexity index is 642. The first kappa shape index (κ1) is 17.9. The van der Waals surface area contributed by atoms with Gasteiger partial charge >= 0.3 is 6.09 Å². The van der Waals surface area contributed by atoms with Gasteiger partial charge in [0.15, 0.2) is 5.78 Å². The number of Topliss-reactive ketones (excluding diaryl/α,β-unsaturated/α-hetero) is 1. The van der Waals surface area contributed by atoms with Crippen LogP contribution in [0.5, 0.6) is 0 Å². The Morgan fingerprint density at radius 2 is 1.96 bits per heavy atom. The van der Waals surface area contributed by atoms with Crippen LogP contribution in [0, 0.1) is 5.41 Å². The highest BCUT2D eigenvalue weighted by atomic mass is 16.5. The molecule has 0 unspecified atom stereocenters. The summed E-state index contributed by atoms with van der Waals surface area (Å²) in [6.07, 6.45) is 4.31. The summed E-state index contributed by atoms with van der Waals surface area (Å²) in [5, 5.41) is 2.70. The SMILES string of the molecule is CC(C)(C)C(=O)[C@H](CC1=CCC=N1)NC(=O)OCc1ccccc1. The van der Waals surface area contributed by atoms with Crippen LogP contribution in [-0.2, 0) is 16.1 Å². The maximum absolute atomic E-state index is 12.6. The Hall–Kier alpha value is -2.43. The fourth-order valence-corrected chi connectivity index (χ4v) is 2.40. The summed E-state index contributed by atoms with van der Waals surface area (Å²) in [6.45, 7) is 5.69. The Morgan fingerprint density at radius 1 is 1.25 bits per heavy atom. The van der Waals surface area contributed by atoms with Gasteiger partial charge in [-0.2, -0.15) is 0 Å². The highest BCUT2D eigenvalue weighted by molar-refractivity contribution is 5.91. The molecule has 0 aromatic heterocycles. The summed E-state index contributed by atoms with van der Waals surface area (Å²) in [6, 6.07) is 8.78. The summed E-state index contributed by atoms with van der Waals surface area (Å²) in [5.74, 6) is -0.0397. The van der Waals surface area contributed by atoms with Crippen LogP contribution in [0.4, 0.5) is 4.79 Å². The van der Waals surface area contributed by atoms with Gasteiger partial charge in [-0.25, -0.2) is 4.79 Å². The molecule has 1 aliphatic heterocycles. The molecule has 1 aliphatic rings. The number of hydrogen-bond donors (Lipinski definition) is 1.